The van der Waals surface area contributed by atoms with E-state index in [0.717, 1.165) is 19.3 Å². The Hall–Kier alpha value is -0.860. The molecule has 0 fully saturated rings. The highest BCUT2D eigenvalue weighted by molar-refractivity contribution is 5.34. The van der Waals surface area contributed by atoms with E-state index in [-0.39, 0.29) is 6.10 Å². The van der Waals surface area contributed by atoms with Crippen LogP contribution < -0.4 is 5.73 Å². The van der Waals surface area contributed by atoms with Crippen LogP contribution >= 0.6 is 0 Å². The Labute approximate surface area is 84.7 Å². The minimum atomic E-state index is -0.342. The first kappa shape index (κ1) is 9.69. The molecule has 2 unspecified atom stereocenters. The van der Waals surface area contributed by atoms with Gasteiger partial charge < -0.3 is 10.8 Å². The highest BCUT2D eigenvalue weighted by Gasteiger charge is 2.23. The van der Waals surface area contributed by atoms with Crippen molar-refractivity contribution in [3.05, 3.63) is 35.4 Å². The molecule has 3 N–H and O–H groups in total. The number of hydrogen-bond donors (Lipinski definition) is 2. The van der Waals surface area contributed by atoms with Crippen LogP contribution in [-0.2, 0) is 6.42 Å². The molecule has 1 aliphatic rings. The lowest BCUT2D eigenvalue weighted by Gasteiger charge is -2.14. The van der Waals surface area contributed by atoms with E-state index < -0.39 is 0 Å². The molecule has 1 aromatic rings. The van der Waals surface area contributed by atoms with E-state index in [1.807, 2.05) is 0 Å². The van der Waals surface area contributed by atoms with Gasteiger partial charge in [0.05, 0.1) is 6.10 Å². The van der Waals surface area contributed by atoms with Crippen molar-refractivity contribution in [3.8, 4) is 0 Å². The van der Waals surface area contributed by atoms with E-state index in [1.54, 1.807) is 0 Å². The molecule has 0 spiro atoms. The molecular weight excluding hydrogens is 174 g/mol. The Kier molecular flexibility index (Phi) is 2.85. The number of aryl methyl sites for hydroxylation is 1. The summed E-state index contributed by atoms with van der Waals surface area (Å²) >= 11 is 0. The summed E-state index contributed by atoms with van der Waals surface area (Å²) in [5.74, 6) is 0.518. The van der Waals surface area contributed by atoms with Crippen LogP contribution in [0.2, 0.25) is 0 Å². The van der Waals surface area contributed by atoms with Crippen molar-refractivity contribution in [2.75, 3.05) is 6.54 Å². The molecule has 0 aliphatic heterocycles. The van der Waals surface area contributed by atoms with E-state index >= 15 is 0 Å². The largest absolute Gasteiger partial charge is 0.392 e. The summed E-state index contributed by atoms with van der Waals surface area (Å²) in [6.07, 6.45) is 2.79. The van der Waals surface area contributed by atoms with Gasteiger partial charge in [0.2, 0.25) is 0 Å². The number of hydrogen-bond acceptors (Lipinski definition) is 2. The lowest BCUT2D eigenvalue weighted by atomic mass is 9.95. The van der Waals surface area contributed by atoms with Crippen LogP contribution in [0.15, 0.2) is 24.3 Å². The molecule has 0 radical (unpaired) electrons. The van der Waals surface area contributed by atoms with Crippen molar-refractivity contribution in [1.29, 1.82) is 0 Å². The maximum absolute atomic E-state index is 9.52. The lowest BCUT2D eigenvalue weighted by molar-refractivity contribution is 0.163. The summed E-state index contributed by atoms with van der Waals surface area (Å²) in [7, 11) is 0. The first-order valence-electron chi connectivity index (χ1n) is 5.27. The van der Waals surface area contributed by atoms with Gasteiger partial charge in [-0.15, -0.1) is 0 Å². The maximum atomic E-state index is 9.52. The van der Waals surface area contributed by atoms with Gasteiger partial charge in [-0.05, 0) is 36.3 Å². The third-order valence-corrected chi connectivity index (χ3v) is 3.09. The Balaban J connectivity index is 2.10. The molecule has 14 heavy (non-hydrogen) atoms. The Morgan fingerprint density at radius 1 is 1.43 bits per heavy atom. The molecule has 1 aliphatic carbocycles. The smallest absolute Gasteiger partial charge is 0.0668 e. The van der Waals surface area contributed by atoms with Gasteiger partial charge in [-0.3, -0.25) is 0 Å². The van der Waals surface area contributed by atoms with Crippen molar-refractivity contribution in [2.24, 2.45) is 5.73 Å². The fraction of sp³-hybridized carbons (Fsp3) is 0.500. The fourth-order valence-corrected chi connectivity index (χ4v) is 2.31. The zero-order valence-electron chi connectivity index (χ0n) is 8.32. The van der Waals surface area contributed by atoms with Crippen LogP contribution in [0.4, 0.5) is 0 Å². The average Bonchev–Trinajstić information content (AvgIpc) is 2.62. The Morgan fingerprint density at radius 3 is 3.00 bits per heavy atom. The molecule has 1 aromatic carbocycles. The maximum Gasteiger partial charge on any atom is 0.0668 e. The molecule has 0 saturated heterocycles. The van der Waals surface area contributed by atoms with Gasteiger partial charge in [0.25, 0.3) is 0 Å². The standard InChI is InChI=1S/C12H17NO/c13-8-11(14)7-10-6-5-9-3-1-2-4-12(9)10/h1-4,10-11,14H,5-8,13H2. The van der Waals surface area contributed by atoms with E-state index in [0.29, 0.717) is 12.5 Å². The van der Waals surface area contributed by atoms with E-state index in [2.05, 4.69) is 24.3 Å². The van der Waals surface area contributed by atoms with Gasteiger partial charge in [0.15, 0.2) is 0 Å². The third-order valence-electron chi connectivity index (χ3n) is 3.09. The summed E-state index contributed by atoms with van der Waals surface area (Å²) in [5, 5.41) is 9.52. The number of benzene rings is 1. The molecule has 2 rings (SSSR count). The predicted octanol–water partition coefficient (Wildman–Crippen LogP) is 1.43. The summed E-state index contributed by atoms with van der Waals surface area (Å²) in [6.45, 7) is 0.374. The van der Waals surface area contributed by atoms with Gasteiger partial charge in [0, 0.05) is 6.54 Å². The average molecular weight is 191 g/mol. The zero-order valence-corrected chi connectivity index (χ0v) is 8.32. The molecule has 0 saturated carbocycles. The number of fused-ring (bicyclic) bond motifs is 1. The lowest BCUT2D eigenvalue weighted by Crippen LogP contribution is -2.21. The molecule has 0 amide bonds. The van der Waals surface area contributed by atoms with Crippen LogP contribution in [-0.4, -0.2) is 17.8 Å². The van der Waals surface area contributed by atoms with Crippen molar-refractivity contribution < 1.29 is 5.11 Å². The Morgan fingerprint density at radius 2 is 2.21 bits per heavy atom. The number of aliphatic hydroxyl groups is 1. The number of aliphatic hydroxyl groups excluding tert-OH is 1. The van der Waals surface area contributed by atoms with Gasteiger partial charge in [-0.1, -0.05) is 24.3 Å². The minimum Gasteiger partial charge on any atom is -0.392 e. The monoisotopic (exact) mass is 191 g/mol. The molecule has 0 aromatic heterocycles. The van der Waals surface area contributed by atoms with Crippen molar-refractivity contribution in [3.63, 3.8) is 0 Å². The summed E-state index contributed by atoms with van der Waals surface area (Å²) in [5.41, 5.74) is 8.28. The predicted molar refractivity (Wildman–Crippen MR) is 57.2 cm³/mol. The minimum absolute atomic E-state index is 0.342. The number of rotatable bonds is 3. The topological polar surface area (TPSA) is 46.2 Å². The molecule has 2 nitrogen and oxygen atoms in total. The summed E-state index contributed by atoms with van der Waals surface area (Å²) < 4.78 is 0. The third kappa shape index (κ3) is 1.81. The quantitative estimate of drug-likeness (QED) is 0.759. The first-order valence-corrected chi connectivity index (χ1v) is 5.27. The molecule has 76 valence electrons. The SMILES string of the molecule is NCC(O)CC1CCc2ccccc21. The highest BCUT2D eigenvalue weighted by Crippen LogP contribution is 2.35. The van der Waals surface area contributed by atoms with Crippen LogP contribution in [0.5, 0.6) is 0 Å². The van der Waals surface area contributed by atoms with Crippen LogP contribution in [0.25, 0.3) is 0 Å². The van der Waals surface area contributed by atoms with E-state index in [9.17, 15) is 5.11 Å². The normalized spacial score (nSPS) is 22.0. The summed E-state index contributed by atoms with van der Waals surface area (Å²) in [6, 6.07) is 8.52. The summed E-state index contributed by atoms with van der Waals surface area (Å²) in [4.78, 5) is 0. The van der Waals surface area contributed by atoms with Gasteiger partial charge in [0.1, 0.15) is 0 Å². The van der Waals surface area contributed by atoms with Crippen molar-refractivity contribution in [2.45, 2.75) is 31.3 Å². The second-order valence-electron chi connectivity index (χ2n) is 4.06. The second-order valence-corrected chi connectivity index (χ2v) is 4.06. The molecule has 2 heteroatoms. The van der Waals surface area contributed by atoms with Gasteiger partial charge in [-0.2, -0.15) is 0 Å². The van der Waals surface area contributed by atoms with Crippen LogP contribution in [0.1, 0.15) is 29.9 Å². The van der Waals surface area contributed by atoms with Gasteiger partial charge >= 0.3 is 0 Å². The second kappa shape index (κ2) is 4.11. The van der Waals surface area contributed by atoms with Gasteiger partial charge in [-0.25, -0.2) is 0 Å². The van der Waals surface area contributed by atoms with E-state index in [4.69, 9.17) is 5.73 Å². The highest BCUT2D eigenvalue weighted by atomic mass is 16.3. The molecule has 2 atom stereocenters. The Bertz CT molecular complexity index is 311. The molecular formula is C12H17NO. The molecule has 0 heterocycles. The zero-order chi connectivity index (χ0) is 9.97. The first-order chi connectivity index (χ1) is 6.81. The fourth-order valence-electron chi connectivity index (χ4n) is 2.31. The number of nitrogens with two attached hydrogens (primary N) is 1. The molecule has 0 bridgehead atoms. The van der Waals surface area contributed by atoms with Crippen LogP contribution in [0, 0.1) is 0 Å². The van der Waals surface area contributed by atoms with Crippen molar-refractivity contribution in [1.82, 2.24) is 0 Å². The van der Waals surface area contributed by atoms with E-state index in [1.165, 1.54) is 11.1 Å². The van der Waals surface area contributed by atoms with Crippen molar-refractivity contribution >= 4 is 0 Å². The van der Waals surface area contributed by atoms with Crippen LogP contribution in [0.3, 0.4) is 0 Å².